The Morgan fingerprint density at radius 2 is 1.85 bits per heavy atom. The fourth-order valence-corrected chi connectivity index (χ4v) is 2.58. The largest absolute Gasteiger partial charge is 0.497 e. The molecular weight excluding hydrogens is 346 g/mol. The minimum atomic E-state index is -0.288. The molecule has 0 aliphatic carbocycles. The van der Waals surface area contributed by atoms with Gasteiger partial charge < -0.3 is 19.1 Å². The Labute approximate surface area is 162 Å². The van der Waals surface area contributed by atoms with Crippen molar-refractivity contribution in [1.29, 1.82) is 0 Å². The van der Waals surface area contributed by atoms with Crippen molar-refractivity contribution in [3.05, 3.63) is 29.8 Å². The van der Waals surface area contributed by atoms with Crippen molar-refractivity contribution in [2.75, 3.05) is 33.9 Å². The maximum atomic E-state index is 12.7. The molecule has 0 atom stereocenters. The zero-order valence-corrected chi connectivity index (χ0v) is 16.8. The quantitative estimate of drug-likeness (QED) is 0.316. The van der Waals surface area contributed by atoms with Crippen LogP contribution in [0.15, 0.2) is 24.3 Å². The molecule has 0 aromatic heterocycles. The molecule has 150 valence electrons. The Balaban J connectivity index is 2.84. The van der Waals surface area contributed by atoms with E-state index in [1.807, 2.05) is 6.07 Å². The van der Waals surface area contributed by atoms with Crippen molar-refractivity contribution >= 4 is 18.0 Å². The molecule has 1 amide bonds. The van der Waals surface area contributed by atoms with Gasteiger partial charge in [0.2, 0.25) is 5.91 Å². The second kappa shape index (κ2) is 12.8. The van der Waals surface area contributed by atoms with E-state index in [0.717, 1.165) is 24.8 Å². The number of carbonyl (C=O) groups excluding carboxylic acids is 2. The Bertz CT molecular complexity index is 627. The van der Waals surface area contributed by atoms with E-state index >= 15 is 0 Å². The monoisotopic (exact) mass is 377 g/mol. The Hall–Kier alpha value is -2.50. The number of unbranched alkanes of at least 4 members (excludes halogenated alkanes) is 2. The zero-order valence-electron chi connectivity index (χ0n) is 16.8. The summed E-state index contributed by atoms with van der Waals surface area (Å²) < 4.78 is 15.5. The van der Waals surface area contributed by atoms with Crippen LogP contribution in [0.25, 0.3) is 6.08 Å². The maximum Gasteiger partial charge on any atom is 0.307 e. The number of methoxy groups -OCH3 is 2. The van der Waals surface area contributed by atoms with Gasteiger partial charge in [0.15, 0.2) is 0 Å². The third kappa shape index (κ3) is 8.15. The SMILES string of the molecule is CCCCCN(CCC(=O)OCC)C(=O)/C=C/c1cc(OC)ccc1OC. The van der Waals surface area contributed by atoms with E-state index < -0.39 is 0 Å². The number of ether oxygens (including phenoxy) is 3. The summed E-state index contributed by atoms with van der Waals surface area (Å²) in [6.07, 6.45) is 6.42. The average Bonchev–Trinajstić information content (AvgIpc) is 2.68. The maximum absolute atomic E-state index is 12.7. The van der Waals surface area contributed by atoms with Gasteiger partial charge in [-0.15, -0.1) is 0 Å². The van der Waals surface area contributed by atoms with Gasteiger partial charge in [0, 0.05) is 24.7 Å². The van der Waals surface area contributed by atoms with Crippen LogP contribution in [0.5, 0.6) is 11.5 Å². The molecule has 6 heteroatoms. The molecule has 1 rings (SSSR count). The zero-order chi connectivity index (χ0) is 20.1. The lowest BCUT2D eigenvalue weighted by Crippen LogP contribution is -2.33. The number of hydrogen-bond acceptors (Lipinski definition) is 5. The molecule has 0 bridgehead atoms. The Morgan fingerprint density at radius 3 is 2.48 bits per heavy atom. The van der Waals surface area contributed by atoms with Crippen molar-refractivity contribution in [3.63, 3.8) is 0 Å². The number of benzene rings is 1. The number of esters is 1. The highest BCUT2D eigenvalue weighted by atomic mass is 16.5. The van der Waals surface area contributed by atoms with Gasteiger partial charge in [-0.25, -0.2) is 0 Å². The normalized spacial score (nSPS) is 10.7. The molecule has 0 fully saturated rings. The predicted octanol–water partition coefficient (Wildman–Crippen LogP) is 3.69. The molecule has 0 unspecified atom stereocenters. The smallest absolute Gasteiger partial charge is 0.307 e. The molecule has 1 aromatic carbocycles. The first-order valence-corrected chi connectivity index (χ1v) is 9.40. The van der Waals surface area contributed by atoms with E-state index in [9.17, 15) is 9.59 Å². The summed E-state index contributed by atoms with van der Waals surface area (Å²) in [5, 5.41) is 0. The summed E-state index contributed by atoms with van der Waals surface area (Å²) in [7, 11) is 3.17. The summed E-state index contributed by atoms with van der Waals surface area (Å²) in [4.78, 5) is 26.0. The van der Waals surface area contributed by atoms with Crippen LogP contribution in [-0.4, -0.2) is 50.7 Å². The van der Waals surface area contributed by atoms with Crippen LogP contribution in [-0.2, 0) is 14.3 Å². The third-order valence-electron chi connectivity index (χ3n) is 4.08. The van der Waals surface area contributed by atoms with Crippen molar-refractivity contribution in [3.8, 4) is 11.5 Å². The number of rotatable bonds is 12. The van der Waals surface area contributed by atoms with E-state index in [0.29, 0.717) is 31.2 Å². The number of nitrogens with zero attached hydrogens (tertiary/aromatic N) is 1. The molecule has 0 aliphatic heterocycles. The van der Waals surface area contributed by atoms with Gasteiger partial charge >= 0.3 is 5.97 Å². The van der Waals surface area contributed by atoms with E-state index in [-0.39, 0.29) is 18.3 Å². The Kier molecular flexibility index (Phi) is 10.7. The van der Waals surface area contributed by atoms with E-state index in [1.54, 1.807) is 44.3 Å². The standard InChI is InChI=1S/C21H31NO5/c1-5-7-8-14-22(15-13-21(24)27-6-2)20(23)12-9-17-16-18(25-3)10-11-19(17)26-4/h9-12,16H,5-8,13-15H2,1-4H3/b12-9+. The van der Waals surface area contributed by atoms with Crippen molar-refractivity contribution in [2.24, 2.45) is 0 Å². The molecule has 6 nitrogen and oxygen atoms in total. The molecule has 0 saturated heterocycles. The molecule has 0 heterocycles. The van der Waals surface area contributed by atoms with Crippen LogP contribution < -0.4 is 9.47 Å². The first kappa shape index (κ1) is 22.5. The summed E-state index contributed by atoms with van der Waals surface area (Å²) in [5.41, 5.74) is 0.754. The van der Waals surface area contributed by atoms with E-state index in [1.165, 1.54) is 6.08 Å². The highest BCUT2D eigenvalue weighted by molar-refractivity contribution is 5.92. The lowest BCUT2D eigenvalue weighted by Gasteiger charge is -2.21. The fourth-order valence-electron chi connectivity index (χ4n) is 2.58. The highest BCUT2D eigenvalue weighted by Crippen LogP contribution is 2.25. The van der Waals surface area contributed by atoms with E-state index in [2.05, 4.69) is 6.92 Å². The predicted molar refractivity (Wildman–Crippen MR) is 106 cm³/mol. The third-order valence-corrected chi connectivity index (χ3v) is 4.08. The average molecular weight is 377 g/mol. The summed E-state index contributed by atoms with van der Waals surface area (Å²) in [5.74, 6) is 0.915. The van der Waals surface area contributed by atoms with Gasteiger partial charge in [-0.3, -0.25) is 9.59 Å². The van der Waals surface area contributed by atoms with Crippen LogP contribution in [0.4, 0.5) is 0 Å². The van der Waals surface area contributed by atoms with Gasteiger partial charge in [0.1, 0.15) is 11.5 Å². The molecule has 0 N–H and O–H groups in total. The minimum absolute atomic E-state index is 0.139. The number of amides is 1. The first-order chi connectivity index (χ1) is 13.0. The molecular formula is C21H31NO5. The van der Waals surface area contributed by atoms with Crippen molar-refractivity contribution in [2.45, 2.75) is 39.5 Å². The van der Waals surface area contributed by atoms with Gasteiger partial charge in [-0.1, -0.05) is 19.8 Å². The van der Waals surface area contributed by atoms with Crippen molar-refractivity contribution in [1.82, 2.24) is 4.90 Å². The molecule has 27 heavy (non-hydrogen) atoms. The molecule has 0 aliphatic rings. The van der Waals surface area contributed by atoms with Crippen LogP contribution in [0.2, 0.25) is 0 Å². The molecule has 0 spiro atoms. The van der Waals surface area contributed by atoms with Crippen LogP contribution in [0.3, 0.4) is 0 Å². The van der Waals surface area contributed by atoms with Gasteiger partial charge in [0.25, 0.3) is 0 Å². The summed E-state index contributed by atoms with van der Waals surface area (Å²) in [6, 6.07) is 5.40. The summed E-state index contributed by atoms with van der Waals surface area (Å²) >= 11 is 0. The van der Waals surface area contributed by atoms with Crippen LogP contribution in [0.1, 0.15) is 45.1 Å². The number of carbonyl (C=O) groups is 2. The van der Waals surface area contributed by atoms with Gasteiger partial charge in [0.05, 0.1) is 27.2 Å². The molecule has 0 radical (unpaired) electrons. The van der Waals surface area contributed by atoms with Crippen LogP contribution in [0, 0.1) is 0 Å². The lowest BCUT2D eigenvalue weighted by molar-refractivity contribution is -0.143. The van der Waals surface area contributed by atoms with Crippen molar-refractivity contribution < 1.29 is 23.8 Å². The second-order valence-corrected chi connectivity index (χ2v) is 6.03. The van der Waals surface area contributed by atoms with Crippen LogP contribution >= 0.6 is 0 Å². The van der Waals surface area contributed by atoms with Gasteiger partial charge in [-0.05, 0) is 37.6 Å². The fraction of sp³-hybridized carbons (Fsp3) is 0.524. The topological polar surface area (TPSA) is 65.1 Å². The van der Waals surface area contributed by atoms with Gasteiger partial charge in [-0.2, -0.15) is 0 Å². The van der Waals surface area contributed by atoms with E-state index in [4.69, 9.17) is 14.2 Å². The number of hydrogen-bond donors (Lipinski definition) is 0. The highest BCUT2D eigenvalue weighted by Gasteiger charge is 2.13. The second-order valence-electron chi connectivity index (χ2n) is 6.03. The lowest BCUT2D eigenvalue weighted by atomic mass is 10.1. The first-order valence-electron chi connectivity index (χ1n) is 9.40. The summed E-state index contributed by atoms with van der Waals surface area (Å²) in [6.45, 7) is 5.19. The molecule has 1 aromatic rings. The molecule has 0 saturated carbocycles. The Morgan fingerprint density at radius 1 is 1.07 bits per heavy atom. The minimum Gasteiger partial charge on any atom is -0.497 e.